The minimum atomic E-state index is -0.877. The van der Waals surface area contributed by atoms with Crippen molar-refractivity contribution < 1.29 is 28.5 Å². The number of nitrogens with one attached hydrogen (secondary N) is 1. The Hall–Kier alpha value is -2.87. The van der Waals surface area contributed by atoms with Gasteiger partial charge in [-0.25, -0.2) is 0 Å². The summed E-state index contributed by atoms with van der Waals surface area (Å²) in [6.45, 7) is 2.05. The van der Waals surface area contributed by atoms with Gasteiger partial charge in [-0.2, -0.15) is 0 Å². The maximum Gasteiger partial charge on any atom is 0.317 e. The number of hydrogen-bond donors (Lipinski definition) is 1. The van der Waals surface area contributed by atoms with Gasteiger partial charge in [0.2, 0.25) is 6.79 Å². The molecule has 2 aromatic rings. The molecule has 1 atom stereocenters. The van der Waals surface area contributed by atoms with Gasteiger partial charge in [0.15, 0.2) is 17.6 Å². The van der Waals surface area contributed by atoms with Crippen molar-refractivity contribution >= 4 is 23.6 Å². The fourth-order valence-corrected chi connectivity index (χ4v) is 3.16. The predicted octanol–water partition coefficient (Wildman–Crippen LogP) is 2.76. The second kappa shape index (κ2) is 9.36. The summed E-state index contributed by atoms with van der Waals surface area (Å²) >= 11 is 1.34. The fraction of sp³-hybridized carbons (Fsp3) is 0.300. The highest BCUT2D eigenvalue weighted by Crippen LogP contribution is 2.32. The Morgan fingerprint density at radius 2 is 1.89 bits per heavy atom. The van der Waals surface area contributed by atoms with E-state index in [1.165, 1.54) is 11.8 Å². The number of ether oxygens (including phenoxy) is 4. The molecule has 7 nitrogen and oxygen atoms in total. The van der Waals surface area contributed by atoms with Crippen LogP contribution in [0, 0.1) is 0 Å². The van der Waals surface area contributed by atoms with Crippen LogP contribution in [0.3, 0.4) is 0 Å². The van der Waals surface area contributed by atoms with Crippen LogP contribution in [0.15, 0.2) is 47.4 Å². The first-order valence-corrected chi connectivity index (χ1v) is 9.66. The second-order valence-corrected chi connectivity index (χ2v) is 7.05. The zero-order valence-electron chi connectivity index (χ0n) is 15.6. The van der Waals surface area contributed by atoms with Crippen LogP contribution in [-0.2, 0) is 20.9 Å². The lowest BCUT2D eigenvalue weighted by Crippen LogP contribution is -2.35. The SMILES string of the molecule is COc1ccc(SCC(=O)O[C@@H](C)C(=O)NCc2ccc3c(c2)OCO3)cc1. The molecular weight excluding hydrogens is 382 g/mol. The largest absolute Gasteiger partial charge is 0.497 e. The Morgan fingerprint density at radius 3 is 2.64 bits per heavy atom. The van der Waals surface area contributed by atoms with E-state index >= 15 is 0 Å². The molecule has 1 amide bonds. The quantitative estimate of drug-likeness (QED) is 0.536. The molecule has 1 N–H and O–H groups in total. The Kier molecular flexibility index (Phi) is 6.65. The molecule has 1 aliphatic rings. The summed E-state index contributed by atoms with van der Waals surface area (Å²) in [5, 5.41) is 2.75. The first-order valence-electron chi connectivity index (χ1n) is 8.67. The number of methoxy groups -OCH3 is 1. The average Bonchev–Trinajstić information content (AvgIpc) is 3.18. The molecule has 0 radical (unpaired) electrons. The number of carbonyl (C=O) groups is 2. The van der Waals surface area contributed by atoms with Gasteiger partial charge >= 0.3 is 5.97 Å². The highest BCUT2D eigenvalue weighted by Gasteiger charge is 2.18. The van der Waals surface area contributed by atoms with Crippen LogP contribution in [-0.4, -0.2) is 37.6 Å². The number of hydrogen-bond acceptors (Lipinski definition) is 7. The molecule has 0 aromatic heterocycles. The van der Waals surface area contributed by atoms with Crippen LogP contribution < -0.4 is 19.5 Å². The Bertz CT molecular complexity index is 839. The van der Waals surface area contributed by atoms with Crippen LogP contribution in [0.4, 0.5) is 0 Å². The highest BCUT2D eigenvalue weighted by molar-refractivity contribution is 8.00. The normalized spacial score (nSPS) is 12.9. The van der Waals surface area contributed by atoms with Crippen LogP contribution in [0.25, 0.3) is 0 Å². The summed E-state index contributed by atoms with van der Waals surface area (Å²) < 4.78 is 20.9. The summed E-state index contributed by atoms with van der Waals surface area (Å²) in [5.41, 5.74) is 0.867. The van der Waals surface area contributed by atoms with E-state index in [1.807, 2.05) is 36.4 Å². The van der Waals surface area contributed by atoms with E-state index in [9.17, 15) is 9.59 Å². The Balaban J connectivity index is 1.41. The standard InChI is InChI=1S/C20H21NO6S/c1-13(27-19(22)11-28-16-6-4-15(24-2)5-7-16)20(23)21-10-14-3-8-17-18(9-14)26-12-25-17/h3-9,13H,10-12H2,1-2H3,(H,21,23)/t13-/m0/s1. The summed E-state index contributed by atoms with van der Waals surface area (Å²) in [5.74, 6) is 1.40. The Labute approximate surface area is 167 Å². The minimum absolute atomic E-state index is 0.117. The maximum atomic E-state index is 12.2. The van der Waals surface area contributed by atoms with Gasteiger partial charge in [0, 0.05) is 11.4 Å². The summed E-state index contributed by atoms with van der Waals surface area (Å²) in [7, 11) is 1.60. The van der Waals surface area contributed by atoms with Crippen molar-refractivity contribution in [3.63, 3.8) is 0 Å². The molecule has 0 bridgehead atoms. The molecule has 2 aromatic carbocycles. The molecular formula is C20H21NO6S. The van der Waals surface area contributed by atoms with Gasteiger partial charge in [0.05, 0.1) is 12.9 Å². The lowest BCUT2D eigenvalue weighted by Gasteiger charge is -2.13. The second-order valence-electron chi connectivity index (χ2n) is 6.00. The molecule has 1 aliphatic heterocycles. The van der Waals surface area contributed by atoms with Crippen LogP contribution in [0.2, 0.25) is 0 Å². The van der Waals surface area contributed by atoms with Crippen molar-refractivity contribution in [2.45, 2.75) is 24.5 Å². The van der Waals surface area contributed by atoms with Crippen LogP contribution in [0.5, 0.6) is 17.2 Å². The van der Waals surface area contributed by atoms with Gasteiger partial charge < -0.3 is 24.3 Å². The number of benzene rings is 2. The lowest BCUT2D eigenvalue weighted by atomic mass is 10.2. The molecule has 0 fully saturated rings. The van der Waals surface area contributed by atoms with Gasteiger partial charge in [0.1, 0.15) is 5.75 Å². The predicted molar refractivity (Wildman–Crippen MR) is 104 cm³/mol. The maximum absolute atomic E-state index is 12.2. The van der Waals surface area contributed by atoms with E-state index in [1.54, 1.807) is 20.1 Å². The van der Waals surface area contributed by atoms with Crippen molar-refractivity contribution in [2.75, 3.05) is 19.7 Å². The number of rotatable bonds is 8. The number of carbonyl (C=O) groups excluding carboxylic acids is 2. The third-order valence-corrected chi connectivity index (χ3v) is 4.98. The van der Waals surface area contributed by atoms with Gasteiger partial charge in [0.25, 0.3) is 5.91 Å². The van der Waals surface area contributed by atoms with Crippen molar-refractivity contribution in [1.29, 1.82) is 0 Å². The fourth-order valence-electron chi connectivity index (χ4n) is 2.48. The van der Waals surface area contributed by atoms with Crippen molar-refractivity contribution in [3.05, 3.63) is 48.0 Å². The van der Waals surface area contributed by atoms with E-state index < -0.39 is 12.1 Å². The van der Waals surface area contributed by atoms with E-state index in [4.69, 9.17) is 18.9 Å². The summed E-state index contributed by atoms with van der Waals surface area (Å²) in [6.07, 6.45) is -0.877. The molecule has 148 valence electrons. The molecule has 0 saturated heterocycles. The van der Waals surface area contributed by atoms with Crippen molar-refractivity contribution in [3.8, 4) is 17.2 Å². The number of fused-ring (bicyclic) bond motifs is 1. The van der Waals surface area contributed by atoms with Crippen LogP contribution in [0.1, 0.15) is 12.5 Å². The first kappa shape index (κ1) is 19.9. The van der Waals surface area contributed by atoms with Gasteiger partial charge in [-0.15, -0.1) is 11.8 Å². The number of esters is 1. The van der Waals surface area contributed by atoms with Crippen molar-refractivity contribution in [1.82, 2.24) is 5.32 Å². The zero-order valence-corrected chi connectivity index (χ0v) is 16.4. The Morgan fingerprint density at radius 1 is 1.14 bits per heavy atom. The molecule has 0 saturated carbocycles. The lowest BCUT2D eigenvalue weighted by molar-refractivity contribution is -0.152. The summed E-state index contributed by atoms with van der Waals surface area (Å²) in [6, 6.07) is 12.8. The third kappa shape index (κ3) is 5.32. The zero-order chi connectivity index (χ0) is 19.9. The van der Waals surface area contributed by atoms with E-state index in [0.29, 0.717) is 18.0 Å². The topological polar surface area (TPSA) is 83.1 Å². The molecule has 28 heavy (non-hydrogen) atoms. The molecule has 0 spiro atoms. The first-order chi connectivity index (χ1) is 13.5. The number of amides is 1. The molecule has 8 heteroatoms. The van der Waals surface area contributed by atoms with Gasteiger partial charge in [-0.3, -0.25) is 9.59 Å². The van der Waals surface area contributed by atoms with Crippen molar-refractivity contribution in [2.24, 2.45) is 0 Å². The third-order valence-electron chi connectivity index (χ3n) is 4.00. The number of thioether (sulfide) groups is 1. The molecule has 0 aliphatic carbocycles. The minimum Gasteiger partial charge on any atom is -0.497 e. The smallest absolute Gasteiger partial charge is 0.317 e. The molecule has 0 unspecified atom stereocenters. The van der Waals surface area contributed by atoms with Gasteiger partial charge in [-0.1, -0.05) is 6.07 Å². The highest BCUT2D eigenvalue weighted by atomic mass is 32.2. The summed E-state index contributed by atoms with van der Waals surface area (Å²) in [4.78, 5) is 25.1. The van der Waals surface area contributed by atoms with E-state index in [-0.39, 0.29) is 18.5 Å². The van der Waals surface area contributed by atoms with Gasteiger partial charge in [-0.05, 0) is 48.9 Å². The van der Waals surface area contributed by atoms with Crippen LogP contribution >= 0.6 is 11.8 Å². The average molecular weight is 403 g/mol. The van der Waals surface area contributed by atoms with E-state index in [0.717, 1.165) is 16.2 Å². The van der Waals surface area contributed by atoms with E-state index in [2.05, 4.69) is 5.32 Å². The molecule has 3 rings (SSSR count). The monoisotopic (exact) mass is 403 g/mol. The molecule has 1 heterocycles.